The second-order valence-corrected chi connectivity index (χ2v) is 10.2. The Balaban J connectivity index is 1.94. The minimum Gasteiger partial charge on any atom is -0.583 e. The number of hydrogen-bond donors (Lipinski definition) is 2. The van der Waals surface area contributed by atoms with Crippen LogP contribution < -0.4 is 20.9 Å². The molecule has 0 aliphatic carbocycles. The molecular formula is C23H28ClFN3O9P. The van der Waals surface area contributed by atoms with E-state index in [1.807, 2.05) is 4.98 Å². The minimum absolute atomic E-state index is 0.134. The van der Waals surface area contributed by atoms with Gasteiger partial charge in [-0.05, 0) is 51.5 Å². The molecule has 0 bridgehead atoms. The standard InChI is InChI=1S/C23H28ClFN3O9P/c1-5-15(19(31)34-12(2)3)27-38(33)37-20(35-14-8-6-13(24)7-9-14)17-18(30)23(4,25)21(36-17)28-11-10-16(29)26-22(28)32/h6-12,15,17-18,20-21,30H,5H2,1-4H3,(H,26,29,32)/t15-,17+,18+,20?,21+,23+/m0/s1. The largest absolute Gasteiger partial charge is 0.583 e. The Morgan fingerprint density at radius 1 is 1.34 bits per heavy atom. The van der Waals surface area contributed by atoms with Crippen LogP contribution in [0.5, 0.6) is 5.75 Å². The van der Waals surface area contributed by atoms with Crippen LogP contribution in [0.25, 0.3) is 0 Å². The second-order valence-electron chi connectivity index (χ2n) is 8.88. The fraction of sp³-hybridized carbons (Fsp3) is 0.522. The van der Waals surface area contributed by atoms with Crippen molar-refractivity contribution in [2.75, 3.05) is 0 Å². The first-order valence-corrected chi connectivity index (χ1v) is 13.2. The number of benzene rings is 1. The molecule has 1 fully saturated rings. The van der Waals surface area contributed by atoms with Gasteiger partial charge in [0.05, 0.1) is 6.10 Å². The van der Waals surface area contributed by atoms with Gasteiger partial charge in [-0.1, -0.05) is 23.3 Å². The Morgan fingerprint density at radius 2 is 2.00 bits per heavy atom. The van der Waals surface area contributed by atoms with Gasteiger partial charge in [-0.15, -0.1) is 4.52 Å². The highest BCUT2D eigenvalue weighted by atomic mass is 35.5. The van der Waals surface area contributed by atoms with Crippen LogP contribution in [0, 0.1) is 0 Å². The van der Waals surface area contributed by atoms with Crippen LogP contribution in [0.15, 0.2) is 50.9 Å². The maximum atomic E-state index is 15.8. The van der Waals surface area contributed by atoms with Gasteiger partial charge in [-0.3, -0.25) is 14.3 Å². The number of carbonyl (C=O) groups excluding carboxylic acids is 1. The number of alkyl halides is 1. The van der Waals surface area contributed by atoms with Crippen LogP contribution in [0.3, 0.4) is 0 Å². The van der Waals surface area contributed by atoms with Crippen molar-refractivity contribution in [1.82, 2.24) is 9.55 Å². The molecule has 1 aromatic heterocycles. The van der Waals surface area contributed by atoms with Gasteiger partial charge in [0.2, 0.25) is 0 Å². The summed E-state index contributed by atoms with van der Waals surface area (Å²) in [5.41, 5.74) is -4.28. The first kappa shape index (κ1) is 29.9. The van der Waals surface area contributed by atoms with Crippen molar-refractivity contribution in [1.29, 1.82) is 0 Å². The van der Waals surface area contributed by atoms with Gasteiger partial charge >= 0.3 is 19.8 Å². The summed E-state index contributed by atoms with van der Waals surface area (Å²) < 4.78 is 42.3. The number of nitrogens with zero attached hydrogens (tertiary/aromatic N) is 2. The van der Waals surface area contributed by atoms with E-state index in [0.717, 1.165) is 23.8 Å². The van der Waals surface area contributed by atoms with Gasteiger partial charge in [-0.2, -0.15) is 0 Å². The van der Waals surface area contributed by atoms with E-state index >= 15 is 4.39 Å². The number of aromatic nitrogens is 2. The summed E-state index contributed by atoms with van der Waals surface area (Å²) in [4.78, 5) is 50.8. The molecule has 2 heterocycles. The van der Waals surface area contributed by atoms with E-state index in [1.165, 1.54) is 24.3 Å². The van der Waals surface area contributed by atoms with Crippen LogP contribution in [-0.4, -0.2) is 56.9 Å². The van der Waals surface area contributed by atoms with Gasteiger partial charge < -0.3 is 24.2 Å². The van der Waals surface area contributed by atoms with Crippen LogP contribution in [0.4, 0.5) is 4.39 Å². The lowest BCUT2D eigenvalue weighted by molar-refractivity contribution is -0.206. The number of rotatable bonds is 10. The van der Waals surface area contributed by atoms with Crippen molar-refractivity contribution < 1.29 is 37.9 Å². The highest BCUT2D eigenvalue weighted by molar-refractivity contribution is 7.33. The second kappa shape index (κ2) is 12.5. The Labute approximate surface area is 222 Å². The molecule has 1 aliphatic rings. The van der Waals surface area contributed by atoms with E-state index in [2.05, 4.69) is 4.74 Å². The van der Waals surface area contributed by atoms with Crippen molar-refractivity contribution in [3.63, 3.8) is 0 Å². The van der Waals surface area contributed by atoms with Crippen molar-refractivity contribution >= 4 is 25.7 Å². The van der Waals surface area contributed by atoms with Gasteiger partial charge in [-0.25, -0.2) is 14.0 Å². The smallest absolute Gasteiger partial charge is 0.346 e. The SMILES string of the molecule is CC[C@H](N=[P+]([O-])OC(Oc1ccc(Cl)cc1)[C@@H]1O[C@@H](n2ccc(=O)[nH]c2=O)[C@](C)(F)[C@@H]1O)C(=O)OC(C)C. The van der Waals surface area contributed by atoms with Crippen molar-refractivity contribution in [2.24, 2.45) is 4.74 Å². The Hall–Kier alpha value is -2.67. The average molecular weight is 576 g/mol. The number of H-pyrrole nitrogens is 1. The molecule has 0 amide bonds. The molecule has 15 heteroatoms. The topological polar surface area (TPSA) is 164 Å². The zero-order valence-electron chi connectivity index (χ0n) is 20.9. The Kier molecular flexibility index (Phi) is 9.80. The number of esters is 1. The third-order valence-electron chi connectivity index (χ3n) is 5.53. The average Bonchev–Trinajstić information content (AvgIpc) is 3.07. The summed E-state index contributed by atoms with van der Waals surface area (Å²) >= 11 is 5.91. The highest BCUT2D eigenvalue weighted by Gasteiger charge is 2.59. The number of hydrogen-bond acceptors (Lipinski definition) is 10. The third-order valence-corrected chi connectivity index (χ3v) is 6.64. The van der Waals surface area contributed by atoms with Crippen LogP contribution in [-0.2, 0) is 18.8 Å². The molecule has 0 saturated carbocycles. The molecule has 2 unspecified atom stereocenters. The lowest BCUT2D eigenvalue weighted by atomic mass is 9.98. The zero-order valence-corrected chi connectivity index (χ0v) is 22.6. The molecule has 208 valence electrons. The number of aliphatic hydroxyl groups excluding tert-OH is 1. The molecule has 2 N–H and O–H groups in total. The first-order valence-electron chi connectivity index (χ1n) is 11.6. The van der Waals surface area contributed by atoms with Gasteiger partial charge in [0, 0.05) is 17.3 Å². The highest BCUT2D eigenvalue weighted by Crippen LogP contribution is 2.43. The van der Waals surface area contributed by atoms with Gasteiger partial charge in [0.25, 0.3) is 11.8 Å². The van der Waals surface area contributed by atoms with Crippen LogP contribution in [0.1, 0.15) is 40.3 Å². The summed E-state index contributed by atoms with van der Waals surface area (Å²) in [6, 6.07) is 5.72. The predicted molar refractivity (Wildman–Crippen MR) is 132 cm³/mol. The fourth-order valence-electron chi connectivity index (χ4n) is 3.62. The summed E-state index contributed by atoms with van der Waals surface area (Å²) in [7, 11) is -2.98. The third kappa shape index (κ3) is 7.04. The molecule has 1 aromatic carbocycles. The quantitative estimate of drug-likeness (QED) is 0.245. The predicted octanol–water partition coefficient (Wildman–Crippen LogP) is 2.18. The number of nitrogens with one attached hydrogen (secondary N) is 1. The lowest BCUT2D eigenvalue weighted by Gasteiger charge is -2.25. The number of halogens is 2. The zero-order chi connectivity index (χ0) is 28.2. The fourth-order valence-corrected chi connectivity index (χ4v) is 4.62. The van der Waals surface area contributed by atoms with Crippen molar-refractivity contribution in [3.8, 4) is 5.75 Å². The monoisotopic (exact) mass is 575 g/mol. The lowest BCUT2D eigenvalue weighted by Crippen LogP contribution is -2.46. The molecule has 3 rings (SSSR count). The number of carbonyl (C=O) groups is 1. The molecule has 1 saturated heterocycles. The van der Waals surface area contributed by atoms with Crippen LogP contribution >= 0.6 is 19.8 Å². The number of aliphatic hydroxyl groups is 1. The van der Waals surface area contributed by atoms with Gasteiger partial charge in [0.15, 0.2) is 24.0 Å². The summed E-state index contributed by atoms with van der Waals surface area (Å²) in [6.45, 7) is 5.91. The van der Waals surface area contributed by atoms with E-state index in [1.54, 1.807) is 20.8 Å². The Bertz CT molecular complexity index is 1270. The maximum absolute atomic E-state index is 15.8. The summed E-state index contributed by atoms with van der Waals surface area (Å²) in [5, 5.41) is 11.2. The molecule has 2 aromatic rings. The van der Waals surface area contributed by atoms with Gasteiger partial charge in [0.1, 0.15) is 11.9 Å². The molecule has 38 heavy (non-hydrogen) atoms. The van der Waals surface area contributed by atoms with Crippen molar-refractivity contribution in [3.05, 3.63) is 62.4 Å². The normalized spacial score (nSPS) is 25.3. The van der Waals surface area contributed by atoms with Crippen molar-refractivity contribution in [2.45, 2.75) is 76.7 Å². The summed E-state index contributed by atoms with van der Waals surface area (Å²) in [6.07, 6.45) is -6.30. The molecule has 7 atom stereocenters. The number of aromatic amines is 1. The first-order chi connectivity index (χ1) is 17.8. The van der Waals surface area contributed by atoms with E-state index in [4.69, 9.17) is 30.3 Å². The molecule has 12 nitrogen and oxygen atoms in total. The maximum Gasteiger partial charge on any atom is 0.346 e. The molecule has 1 aliphatic heterocycles. The van der Waals surface area contributed by atoms with E-state index in [-0.39, 0.29) is 12.2 Å². The summed E-state index contributed by atoms with van der Waals surface area (Å²) in [5.74, 6) is -0.578. The van der Waals surface area contributed by atoms with E-state index in [9.17, 15) is 24.4 Å². The minimum atomic E-state index is -2.98. The number of ether oxygens (including phenoxy) is 3. The molecule has 0 radical (unpaired) electrons. The van der Waals surface area contributed by atoms with E-state index < -0.39 is 67.9 Å². The van der Waals surface area contributed by atoms with Crippen LogP contribution in [0.2, 0.25) is 5.02 Å². The molecule has 0 spiro atoms. The van der Waals surface area contributed by atoms with E-state index in [0.29, 0.717) is 5.02 Å². The molecular weight excluding hydrogens is 548 g/mol. The Morgan fingerprint density at radius 3 is 2.58 bits per heavy atom.